The van der Waals surface area contributed by atoms with Crippen LogP contribution in [-0.2, 0) is 26.0 Å². The summed E-state index contributed by atoms with van der Waals surface area (Å²) >= 11 is 0. The molecule has 2 aromatic carbocycles. The van der Waals surface area contributed by atoms with Crippen LogP contribution in [0.2, 0.25) is 0 Å². The smallest absolute Gasteiger partial charge is 0.245 e. The summed E-state index contributed by atoms with van der Waals surface area (Å²) in [6.07, 6.45) is 1.46. The minimum atomic E-state index is -4.19. The minimum absolute atomic E-state index is 0.0101. The van der Waals surface area contributed by atoms with E-state index < -0.39 is 15.7 Å². The van der Waals surface area contributed by atoms with Crippen LogP contribution in [0.5, 0.6) is 11.5 Å². The van der Waals surface area contributed by atoms with Gasteiger partial charge in [-0.2, -0.15) is 4.31 Å². The normalized spacial score (nSPS) is 15.0. The summed E-state index contributed by atoms with van der Waals surface area (Å²) in [5, 5.41) is 17.9. The van der Waals surface area contributed by atoms with Gasteiger partial charge in [-0.15, -0.1) is 0 Å². The maximum atomic E-state index is 14.1. The maximum Gasteiger partial charge on any atom is 0.245 e. The van der Waals surface area contributed by atoms with Crippen molar-refractivity contribution >= 4 is 21.8 Å². The second kappa shape index (κ2) is 15.5. The average molecular weight is 619 g/mol. The summed E-state index contributed by atoms with van der Waals surface area (Å²) in [7, 11) is -0.542. The molecule has 238 valence electrons. The Morgan fingerprint density at radius 3 is 2.40 bits per heavy atom. The van der Waals surface area contributed by atoms with Gasteiger partial charge in [0.05, 0.1) is 11.4 Å². The van der Waals surface area contributed by atoms with E-state index in [9.17, 15) is 23.1 Å². The largest absolute Gasteiger partial charge is 0.454 e. The Morgan fingerprint density at radius 2 is 1.72 bits per heavy atom. The number of rotatable bonds is 17. The molecule has 2 aromatic rings. The third-order valence-electron chi connectivity index (χ3n) is 7.01. The van der Waals surface area contributed by atoms with Gasteiger partial charge < -0.3 is 30.1 Å². The van der Waals surface area contributed by atoms with Crippen LogP contribution >= 0.6 is 0 Å². The highest BCUT2D eigenvalue weighted by Gasteiger charge is 2.43. The van der Waals surface area contributed by atoms with Crippen molar-refractivity contribution in [1.82, 2.24) is 19.8 Å². The lowest BCUT2D eigenvalue weighted by Gasteiger charge is -2.40. The van der Waals surface area contributed by atoms with E-state index in [1.54, 1.807) is 11.0 Å². The highest BCUT2D eigenvalue weighted by atomic mass is 32.2. The van der Waals surface area contributed by atoms with Crippen LogP contribution in [0.4, 0.5) is 0 Å². The molecule has 2 amide bonds. The molecule has 2 atom stereocenters. The molecule has 2 unspecified atom stereocenters. The first-order chi connectivity index (χ1) is 20.3. The lowest BCUT2D eigenvalue weighted by atomic mass is 9.98. The van der Waals surface area contributed by atoms with Crippen molar-refractivity contribution < 1.29 is 32.6 Å². The van der Waals surface area contributed by atoms with Gasteiger partial charge in [0.1, 0.15) is 5.72 Å². The molecule has 0 aliphatic carbocycles. The zero-order valence-corrected chi connectivity index (χ0v) is 26.7. The van der Waals surface area contributed by atoms with Crippen molar-refractivity contribution in [3.63, 3.8) is 0 Å². The number of hydrogen-bond donors (Lipinski definition) is 3. The Morgan fingerprint density at radius 1 is 1.02 bits per heavy atom. The molecule has 0 spiro atoms. The molecule has 0 saturated carbocycles. The monoisotopic (exact) mass is 618 g/mol. The number of hydrogen-bond acceptors (Lipinski definition) is 8. The fourth-order valence-electron chi connectivity index (χ4n) is 4.95. The van der Waals surface area contributed by atoms with Crippen molar-refractivity contribution in [2.24, 2.45) is 5.92 Å². The highest BCUT2D eigenvalue weighted by molar-refractivity contribution is 7.89. The van der Waals surface area contributed by atoms with Crippen molar-refractivity contribution in [3.05, 3.63) is 54.1 Å². The van der Waals surface area contributed by atoms with Crippen LogP contribution in [0.1, 0.15) is 52.0 Å². The Kier molecular flexibility index (Phi) is 12.4. The lowest BCUT2D eigenvalue weighted by Crippen LogP contribution is -2.55. The summed E-state index contributed by atoms with van der Waals surface area (Å²) < 4.78 is 40.1. The van der Waals surface area contributed by atoms with Crippen LogP contribution in [0.3, 0.4) is 0 Å². The zero-order chi connectivity index (χ0) is 31.6. The molecule has 0 bridgehead atoms. The van der Waals surface area contributed by atoms with Gasteiger partial charge in [-0.05, 0) is 57.5 Å². The summed E-state index contributed by atoms with van der Waals surface area (Å²) in [4.78, 5) is 26.4. The van der Waals surface area contributed by atoms with Gasteiger partial charge in [-0.25, -0.2) is 8.42 Å². The first-order valence-corrected chi connectivity index (χ1v) is 16.1. The number of benzene rings is 2. The molecule has 43 heavy (non-hydrogen) atoms. The predicted octanol–water partition coefficient (Wildman–Crippen LogP) is 2.74. The minimum Gasteiger partial charge on any atom is -0.454 e. The summed E-state index contributed by atoms with van der Waals surface area (Å²) in [6.45, 7) is 6.12. The molecular formula is C31H46N4O7S. The number of aliphatic hydroxyl groups is 1. The maximum absolute atomic E-state index is 14.1. The Labute approximate surface area is 255 Å². The Hall–Kier alpha value is -3.19. The van der Waals surface area contributed by atoms with Gasteiger partial charge in [-0.3, -0.25) is 9.59 Å². The first kappa shape index (κ1) is 34.3. The van der Waals surface area contributed by atoms with Crippen molar-refractivity contribution in [2.45, 2.75) is 69.5 Å². The van der Waals surface area contributed by atoms with Crippen molar-refractivity contribution in [2.75, 3.05) is 40.5 Å². The van der Waals surface area contributed by atoms with E-state index in [0.717, 1.165) is 9.87 Å². The summed E-state index contributed by atoms with van der Waals surface area (Å²) in [6, 6.07) is 13.5. The third-order valence-corrected chi connectivity index (χ3v) is 8.93. The van der Waals surface area contributed by atoms with E-state index >= 15 is 0 Å². The van der Waals surface area contributed by atoms with E-state index in [1.165, 1.54) is 12.1 Å². The summed E-state index contributed by atoms with van der Waals surface area (Å²) in [5.74, 6) is 0.420. The average Bonchev–Trinajstić information content (AvgIpc) is 3.40. The van der Waals surface area contributed by atoms with Crippen LogP contribution < -0.4 is 20.1 Å². The van der Waals surface area contributed by atoms with Gasteiger partial charge >= 0.3 is 0 Å². The van der Waals surface area contributed by atoms with Crippen molar-refractivity contribution in [3.8, 4) is 11.5 Å². The standard InChI is InChI=1S/C31H46N4O7S/c1-23(2)20-35(43(39,40)26-14-15-27-28(18-26)42-22-41-27)31(38,19-25-11-7-6-8-12-25)16-17-32-29(36)13-9-10-24(3)33-30(37)21-34(4)5/h6-8,11-12,14-15,18,23-24,38H,9-10,13,16-17,19-22H2,1-5H3,(H,32,36)(H,33,37). The van der Waals surface area contributed by atoms with Crippen LogP contribution in [0, 0.1) is 5.92 Å². The first-order valence-electron chi connectivity index (χ1n) is 14.7. The number of nitrogens with zero attached hydrogens (tertiary/aromatic N) is 2. The van der Waals surface area contributed by atoms with Gasteiger partial charge in [0.25, 0.3) is 0 Å². The van der Waals surface area contributed by atoms with Gasteiger partial charge in [-0.1, -0.05) is 44.2 Å². The second-order valence-corrected chi connectivity index (χ2v) is 13.7. The van der Waals surface area contributed by atoms with E-state index in [-0.39, 0.29) is 67.8 Å². The molecule has 11 nitrogen and oxygen atoms in total. The van der Waals surface area contributed by atoms with Crippen molar-refractivity contribution in [1.29, 1.82) is 0 Å². The molecule has 1 heterocycles. The number of nitrogens with one attached hydrogen (secondary N) is 2. The van der Waals surface area contributed by atoms with Crippen LogP contribution in [-0.4, -0.2) is 86.8 Å². The molecular weight excluding hydrogens is 572 g/mol. The quantitative estimate of drug-likeness (QED) is 0.230. The number of likely N-dealkylation sites (N-methyl/N-ethyl adjacent to an activating group) is 1. The predicted molar refractivity (Wildman–Crippen MR) is 164 cm³/mol. The van der Waals surface area contributed by atoms with E-state index in [0.29, 0.717) is 30.9 Å². The molecule has 0 saturated heterocycles. The van der Waals surface area contributed by atoms with Gasteiger partial charge in [0.2, 0.25) is 28.6 Å². The number of carbonyl (C=O) groups is 2. The molecule has 0 fully saturated rings. The molecule has 3 N–H and O–H groups in total. The van der Waals surface area contributed by atoms with Crippen LogP contribution in [0.25, 0.3) is 0 Å². The molecule has 1 aliphatic rings. The fraction of sp³-hybridized carbons (Fsp3) is 0.548. The highest BCUT2D eigenvalue weighted by Crippen LogP contribution is 2.37. The van der Waals surface area contributed by atoms with Gasteiger partial charge in [0, 0.05) is 44.5 Å². The lowest BCUT2D eigenvalue weighted by molar-refractivity contribution is -0.122. The Balaban J connectivity index is 1.72. The van der Waals surface area contributed by atoms with E-state index in [2.05, 4.69) is 10.6 Å². The molecule has 12 heteroatoms. The molecule has 3 rings (SSSR count). The number of ether oxygens (including phenoxy) is 2. The zero-order valence-electron chi connectivity index (χ0n) is 25.8. The summed E-state index contributed by atoms with van der Waals surface area (Å²) in [5.41, 5.74) is -1.07. The van der Waals surface area contributed by atoms with Gasteiger partial charge in [0.15, 0.2) is 11.5 Å². The number of carbonyl (C=O) groups excluding carboxylic acids is 2. The Bertz CT molecular complexity index is 1320. The molecule has 0 aromatic heterocycles. The van der Waals surface area contributed by atoms with Crippen LogP contribution in [0.15, 0.2) is 53.4 Å². The number of amides is 2. The number of sulfonamides is 1. The second-order valence-electron chi connectivity index (χ2n) is 11.8. The number of fused-ring (bicyclic) bond motifs is 1. The molecule has 0 radical (unpaired) electrons. The SMILES string of the molecule is CC(C)CN(C(O)(CCNC(=O)CCCC(C)NC(=O)CN(C)C)Cc1ccccc1)S(=O)(=O)c1ccc2c(c1)OCO2. The molecule has 1 aliphatic heterocycles. The van der Waals surface area contributed by atoms with E-state index in [4.69, 9.17) is 9.47 Å². The third kappa shape index (κ3) is 10.2. The fourth-order valence-corrected chi connectivity index (χ4v) is 6.80. The van der Waals surface area contributed by atoms with E-state index in [1.807, 2.05) is 65.2 Å². The topological polar surface area (TPSA) is 138 Å².